The summed E-state index contributed by atoms with van der Waals surface area (Å²) in [5.74, 6) is -0.0625. The Morgan fingerprint density at radius 2 is 1.78 bits per heavy atom. The summed E-state index contributed by atoms with van der Waals surface area (Å²) < 4.78 is 0. The predicted molar refractivity (Wildman–Crippen MR) is 39.2 cm³/mol. The Balaban J connectivity index is -0.000000180. The van der Waals surface area contributed by atoms with Crippen molar-refractivity contribution in [3.8, 4) is 0 Å². The molecule has 0 bridgehead atoms. The van der Waals surface area contributed by atoms with E-state index in [4.69, 9.17) is 5.11 Å². The van der Waals surface area contributed by atoms with E-state index in [-0.39, 0.29) is 54.8 Å². The third-order valence-electron chi connectivity index (χ3n) is 0.412. The van der Waals surface area contributed by atoms with Gasteiger partial charge in [0.2, 0.25) is 0 Å². The topological polar surface area (TPSA) is 68.8 Å². The van der Waals surface area contributed by atoms with Gasteiger partial charge in [0.25, 0.3) is 0 Å². The van der Waals surface area contributed by atoms with Crippen LogP contribution in [0.3, 0.4) is 0 Å². The standard InChI is InChI=1S/C5H8O2.Ca.H2O.2H/c1-4(6)3-5(2)7;;;;/h3,6H,1-2H3;;1H2;;/b4-3-;;;;. The molecule has 0 aliphatic rings. The minimum atomic E-state index is -0.125. The third kappa shape index (κ3) is 17.8. The molecule has 0 fully saturated rings. The molecule has 0 aromatic heterocycles. The van der Waals surface area contributed by atoms with Crippen LogP contribution < -0.4 is 0 Å². The summed E-state index contributed by atoms with van der Waals surface area (Å²) in [7, 11) is 0. The fourth-order valence-electron chi connectivity index (χ4n) is 0.294. The average molecular weight is 160 g/mol. The first-order valence-electron chi connectivity index (χ1n) is 2.01. The molecule has 0 amide bonds. The Labute approximate surface area is 84.1 Å². The Morgan fingerprint density at radius 1 is 1.44 bits per heavy atom. The summed E-state index contributed by atoms with van der Waals surface area (Å²) in [4.78, 5) is 10.0. The van der Waals surface area contributed by atoms with Crippen molar-refractivity contribution in [3.05, 3.63) is 11.8 Å². The average Bonchev–Trinajstić information content (AvgIpc) is 1.27. The number of rotatable bonds is 1. The number of carbonyl (C=O) groups is 1. The van der Waals surface area contributed by atoms with Crippen molar-refractivity contribution < 1.29 is 15.4 Å². The van der Waals surface area contributed by atoms with E-state index >= 15 is 0 Å². The molecule has 0 saturated heterocycles. The van der Waals surface area contributed by atoms with E-state index in [1.54, 1.807) is 0 Å². The van der Waals surface area contributed by atoms with Crippen molar-refractivity contribution in [3.63, 3.8) is 0 Å². The van der Waals surface area contributed by atoms with Gasteiger partial charge < -0.3 is 10.6 Å². The van der Waals surface area contributed by atoms with Crippen LogP contribution in [0.25, 0.3) is 0 Å². The normalized spacial score (nSPS) is 8.89. The number of aliphatic hydroxyl groups is 1. The zero-order chi connectivity index (χ0) is 5.86. The molecule has 0 radical (unpaired) electrons. The van der Waals surface area contributed by atoms with Gasteiger partial charge in [0.15, 0.2) is 5.78 Å². The van der Waals surface area contributed by atoms with Crippen LogP contribution in [-0.2, 0) is 4.79 Å². The number of hydrogen-bond acceptors (Lipinski definition) is 2. The molecule has 3 nitrogen and oxygen atoms in total. The van der Waals surface area contributed by atoms with Crippen LogP contribution in [-0.4, -0.2) is 54.1 Å². The minimum absolute atomic E-state index is 0. The van der Waals surface area contributed by atoms with Crippen LogP contribution in [0.1, 0.15) is 13.8 Å². The van der Waals surface area contributed by atoms with Crippen molar-refractivity contribution in [2.75, 3.05) is 0 Å². The maximum atomic E-state index is 10.0. The molecule has 0 aromatic carbocycles. The molecule has 0 unspecified atom stereocenters. The van der Waals surface area contributed by atoms with Gasteiger partial charge >= 0.3 is 37.7 Å². The van der Waals surface area contributed by atoms with E-state index in [2.05, 4.69) is 0 Å². The Hall–Kier alpha value is 0.430. The molecular formula is C5H12CaO3. The summed E-state index contributed by atoms with van der Waals surface area (Å²) >= 11 is 0. The van der Waals surface area contributed by atoms with Gasteiger partial charge in [-0.25, -0.2) is 0 Å². The van der Waals surface area contributed by atoms with Crippen LogP contribution in [0.4, 0.5) is 0 Å². The zero-order valence-corrected chi connectivity index (χ0v) is 4.93. The maximum absolute atomic E-state index is 10.0. The van der Waals surface area contributed by atoms with Crippen molar-refractivity contribution in [2.45, 2.75) is 13.8 Å². The van der Waals surface area contributed by atoms with E-state index in [1.807, 2.05) is 0 Å². The number of ketones is 1. The Morgan fingerprint density at radius 3 is 1.78 bits per heavy atom. The first-order valence-corrected chi connectivity index (χ1v) is 2.01. The SMILES string of the molecule is CC(=O)/C=C(/C)O.O.[CaH2]. The number of aliphatic hydroxyl groups excluding tert-OH is 1. The molecule has 0 heterocycles. The molecule has 0 rings (SSSR count). The van der Waals surface area contributed by atoms with E-state index in [9.17, 15) is 4.79 Å². The number of allylic oxidation sites excluding steroid dienone is 2. The molecule has 9 heavy (non-hydrogen) atoms. The molecule has 0 saturated carbocycles. The van der Waals surface area contributed by atoms with Gasteiger partial charge in [-0.3, -0.25) is 4.79 Å². The Kier molecular flexibility index (Phi) is 15.2. The van der Waals surface area contributed by atoms with Gasteiger partial charge in [0.05, 0.1) is 5.76 Å². The molecule has 3 N–H and O–H groups in total. The molecule has 0 spiro atoms. The van der Waals surface area contributed by atoms with Crippen LogP contribution >= 0.6 is 0 Å². The van der Waals surface area contributed by atoms with Crippen LogP contribution in [0.5, 0.6) is 0 Å². The molecule has 52 valence electrons. The fraction of sp³-hybridized carbons (Fsp3) is 0.400. The van der Waals surface area contributed by atoms with Crippen molar-refractivity contribution in [2.24, 2.45) is 0 Å². The summed E-state index contributed by atoms with van der Waals surface area (Å²) in [6.45, 7) is 2.85. The van der Waals surface area contributed by atoms with Gasteiger partial charge in [0.1, 0.15) is 0 Å². The summed E-state index contributed by atoms with van der Waals surface area (Å²) in [6.07, 6.45) is 1.17. The predicted octanol–water partition coefficient (Wildman–Crippen LogP) is -0.704. The third-order valence-corrected chi connectivity index (χ3v) is 0.412. The van der Waals surface area contributed by atoms with E-state index < -0.39 is 0 Å². The summed E-state index contributed by atoms with van der Waals surface area (Å²) in [5.41, 5.74) is 0. The zero-order valence-electron chi connectivity index (χ0n) is 4.93. The van der Waals surface area contributed by atoms with E-state index in [1.165, 1.54) is 19.9 Å². The van der Waals surface area contributed by atoms with Crippen LogP contribution in [0.15, 0.2) is 11.8 Å². The molecule has 0 atom stereocenters. The van der Waals surface area contributed by atoms with Gasteiger partial charge in [-0.05, 0) is 13.8 Å². The van der Waals surface area contributed by atoms with Gasteiger partial charge in [-0.2, -0.15) is 0 Å². The number of hydrogen-bond donors (Lipinski definition) is 1. The summed E-state index contributed by atoms with van der Waals surface area (Å²) in [5, 5.41) is 8.36. The van der Waals surface area contributed by atoms with Gasteiger partial charge in [0, 0.05) is 6.08 Å². The monoisotopic (exact) mass is 160 g/mol. The number of carbonyl (C=O) groups excluding carboxylic acids is 1. The van der Waals surface area contributed by atoms with Crippen molar-refractivity contribution >= 4 is 43.5 Å². The van der Waals surface area contributed by atoms with Gasteiger partial charge in [-0.15, -0.1) is 0 Å². The quantitative estimate of drug-likeness (QED) is 0.313. The van der Waals surface area contributed by atoms with Crippen LogP contribution in [0.2, 0.25) is 0 Å². The first-order chi connectivity index (χ1) is 3.13. The second-order valence-corrected chi connectivity index (χ2v) is 1.40. The van der Waals surface area contributed by atoms with Crippen molar-refractivity contribution in [1.82, 2.24) is 0 Å². The fourth-order valence-corrected chi connectivity index (χ4v) is 0.294. The van der Waals surface area contributed by atoms with E-state index in [0.29, 0.717) is 0 Å². The second kappa shape index (κ2) is 8.43. The summed E-state index contributed by atoms with van der Waals surface area (Å²) in [6, 6.07) is 0. The first kappa shape index (κ1) is 16.2. The Bertz CT molecular complexity index is 105. The molecule has 0 aromatic rings. The molecule has 0 aliphatic carbocycles. The van der Waals surface area contributed by atoms with Crippen molar-refractivity contribution in [1.29, 1.82) is 0 Å². The molecular weight excluding hydrogens is 148 g/mol. The van der Waals surface area contributed by atoms with E-state index in [0.717, 1.165) is 0 Å². The molecule has 0 aliphatic heterocycles. The van der Waals surface area contributed by atoms with Gasteiger partial charge in [-0.1, -0.05) is 0 Å². The molecule has 4 heteroatoms. The van der Waals surface area contributed by atoms with Crippen LogP contribution in [0, 0.1) is 0 Å². The second-order valence-electron chi connectivity index (χ2n) is 1.40.